The van der Waals surface area contributed by atoms with Crippen LogP contribution in [0.5, 0.6) is 0 Å². The van der Waals surface area contributed by atoms with Crippen molar-refractivity contribution in [3.8, 4) is 0 Å². The van der Waals surface area contributed by atoms with Gasteiger partial charge in [-0.15, -0.1) is 23.2 Å². The third-order valence-electron chi connectivity index (χ3n) is 5.35. The lowest BCUT2D eigenvalue weighted by atomic mass is 10.0. The van der Waals surface area contributed by atoms with Gasteiger partial charge in [-0.1, -0.05) is 30.3 Å². The number of alkyl halides is 2. The quantitative estimate of drug-likeness (QED) is 0.0941. The van der Waals surface area contributed by atoms with E-state index in [4.69, 9.17) is 40.1 Å². The zero-order chi connectivity index (χ0) is 27.1. The minimum absolute atomic E-state index is 0.0312. The highest BCUT2D eigenvalue weighted by Gasteiger charge is 2.37. The maximum Gasteiger partial charge on any atom is 0.326 e. The van der Waals surface area contributed by atoms with E-state index in [0.29, 0.717) is 38.8 Å². The van der Waals surface area contributed by atoms with Crippen LogP contribution in [0, 0.1) is 5.41 Å². The Labute approximate surface area is 220 Å². The standard InChI is InChI=1S/C20H30N6O4.C3H4Cl2O/c21-14(12-13-6-2-1-3-7-13)18(28)26-11-5-9-16(26)17(27)25-15(19(29)30)8-4-10-24-20(22)23;4-1-3(6)2-5/h1-3,6-7,14-16H,4-5,8-12,21H2,(H,25,27)(H,29,30)(H4,22,23,24);1-2H2/t14?,15?,16-;/m0./s1. The molecule has 1 saturated heterocycles. The van der Waals surface area contributed by atoms with E-state index in [1.807, 2.05) is 30.3 Å². The van der Waals surface area contributed by atoms with Crippen molar-refractivity contribution < 1.29 is 24.3 Å². The number of halogens is 2. The second-order valence-electron chi connectivity index (χ2n) is 8.17. The highest BCUT2D eigenvalue weighted by molar-refractivity contribution is 6.35. The van der Waals surface area contributed by atoms with Gasteiger partial charge in [0.15, 0.2) is 11.7 Å². The van der Waals surface area contributed by atoms with E-state index in [9.17, 15) is 24.3 Å². The molecule has 1 heterocycles. The number of carboxylic acids is 1. The number of aliphatic carboxylic acids is 1. The van der Waals surface area contributed by atoms with E-state index in [1.54, 1.807) is 0 Å². The molecule has 13 heteroatoms. The molecule has 1 aliphatic heterocycles. The van der Waals surface area contributed by atoms with Gasteiger partial charge >= 0.3 is 5.97 Å². The Morgan fingerprint density at radius 2 is 1.81 bits per heavy atom. The van der Waals surface area contributed by atoms with Crippen molar-refractivity contribution in [1.29, 1.82) is 5.41 Å². The predicted molar refractivity (Wildman–Crippen MR) is 138 cm³/mol. The Morgan fingerprint density at radius 1 is 1.17 bits per heavy atom. The van der Waals surface area contributed by atoms with Crippen LogP contribution in [0.15, 0.2) is 30.3 Å². The van der Waals surface area contributed by atoms with Gasteiger partial charge in [-0.2, -0.15) is 0 Å². The van der Waals surface area contributed by atoms with Crippen LogP contribution in [-0.2, 0) is 25.6 Å². The van der Waals surface area contributed by atoms with Gasteiger partial charge in [0, 0.05) is 13.1 Å². The van der Waals surface area contributed by atoms with E-state index < -0.39 is 30.0 Å². The van der Waals surface area contributed by atoms with Crippen LogP contribution in [0.4, 0.5) is 0 Å². The van der Waals surface area contributed by atoms with Crippen molar-refractivity contribution in [3.63, 3.8) is 0 Å². The van der Waals surface area contributed by atoms with Gasteiger partial charge < -0.3 is 32.1 Å². The number of benzene rings is 1. The van der Waals surface area contributed by atoms with E-state index in [2.05, 4.69) is 10.6 Å². The number of guanidine groups is 1. The smallest absolute Gasteiger partial charge is 0.326 e. The van der Waals surface area contributed by atoms with Gasteiger partial charge in [-0.25, -0.2) is 4.79 Å². The first-order valence-electron chi connectivity index (χ1n) is 11.4. The number of Topliss-reactive ketones (excluding diaryl/α,β-unsaturated/α-hetero) is 1. The largest absolute Gasteiger partial charge is 0.480 e. The fraction of sp³-hybridized carbons (Fsp3) is 0.522. The molecule has 8 N–H and O–H groups in total. The van der Waals surface area contributed by atoms with Crippen molar-refractivity contribution in [2.45, 2.75) is 50.2 Å². The zero-order valence-corrected chi connectivity index (χ0v) is 21.4. The maximum absolute atomic E-state index is 12.8. The van der Waals surface area contributed by atoms with Gasteiger partial charge in [0.25, 0.3) is 0 Å². The number of carbonyl (C=O) groups excluding carboxylic acids is 3. The molecule has 2 amide bonds. The molecule has 3 atom stereocenters. The lowest BCUT2D eigenvalue weighted by Gasteiger charge is -2.28. The molecule has 11 nitrogen and oxygen atoms in total. The van der Waals surface area contributed by atoms with Crippen LogP contribution in [0.2, 0.25) is 0 Å². The molecular formula is C23H34Cl2N6O5. The van der Waals surface area contributed by atoms with Crippen molar-refractivity contribution in [3.05, 3.63) is 35.9 Å². The monoisotopic (exact) mass is 544 g/mol. The SMILES string of the molecule is N=C(N)NCCCC(NC(=O)[C@@H]1CCCN1C(=O)C(N)Cc1ccccc1)C(=O)O.O=C(CCl)CCl. The zero-order valence-electron chi connectivity index (χ0n) is 19.9. The summed E-state index contributed by atoms with van der Waals surface area (Å²) < 4.78 is 0. The van der Waals surface area contributed by atoms with Crippen LogP contribution in [0.3, 0.4) is 0 Å². The average Bonchev–Trinajstić information content (AvgIpc) is 3.35. The van der Waals surface area contributed by atoms with Gasteiger partial charge in [0.1, 0.15) is 12.1 Å². The van der Waals surface area contributed by atoms with Crippen molar-refractivity contribution >= 4 is 52.7 Å². The molecule has 0 aromatic heterocycles. The first-order chi connectivity index (χ1) is 17.1. The highest BCUT2D eigenvalue weighted by atomic mass is 35.5. The van der Waals surface area contributed by atoms with Crippen LogP contribution in [-0.4, -0.2) is 82.5 Å². The number of carboxylic acid groups (broad SMARTS) is 1. The Kier molecular flexibility index (Phi) is 14.5. The van der Waals surface area contributed by atoms with E-state index >= 15 is 0 Å². The topological polar surface area (TPSA) is 192 Å². The molecule has 36 heavy (non-hydrogen) atoms. The second-order valence-corrected chi connectivity index (χ2v) is 8.71. The fourth-order valence-electron chi connectivity index (χ4n) is 3.56. The Morgan fingerprint density at radius 3 is 2.33 bits per heavy atom. The summed E-state index contributed by atoms with van der Waals surface area (Å²) in [6.07, 6.45) is 2.07. The van der Waals surface area contributed by atoms with Gasteiger partial charge in [0.05, 0.1) is 17.8 Å². The second kappa shape index (κ2) is 16.7. The summed E-state index contributed by atoms with van der Waals surface area (Å²) in [5, 5.41) is 21.6. The average molecular weight is 545 g/mol. The molecule has 1 aliphatic rings. The summed E-state index contributed by atoms with van der Waals surface area (Å²) >= 11 is 10.0. The molecule has 2 rings (SSSR count). The number of likely N-dealkylation sites (tertiary alicyclic amines) is 1. The Bertz CT molecular complexity index is 883. The number of nitrogens with two attached hydrogens (primary N) is 2. The number of nitrogens with zero attached hydrogens (tertiary/aromatic N) is 1. The molecular weight excluding hydrogens is 511 g/mol. The Balaban J connectivity index is 0.000000960. The maximum atomic E-state index is 12.8. The molecule has 1 aromatic rings. The normalized spacial score (nSPS) is 16.2. The summed E-state index contributed by atoms with van der Waals surface area (Å²) in [7, 11) is 0. The van der Waals surface area contributed by atoms with E-state index in [-0.39, 0.29) is 35.8 Å². The lowest BCUT2D eigenvalue weighted by Crippen LogP contribution is -2.54. The van der Waals surface area contributed by atoms with Gasteiger partial charge in [-0.3, -0.25) is 19.8 Å². The molecule has 0 bridgehead atoms. The molecule has 2 unspecified atom stereocenters. The molecule has 0 saturated carbocycles. The van der Waals surface area contributed by atoms with Crippen LogP contribution in [0.25, 0.3) is 0 Å². The Hall–Kier alpha value is -2.89. The summed E-state index contributed by atoms with van der Waals surface area (Å²) in [5.41, 5.74) is 12.2. The number of hydrogen-bond acceptors (Lipinski definition) is 6. The highest BCUT2D eigenvalue weighted by Crippen LogP contribution is 2.19. The number of rotatable bonds is 12. The fourth-order valence-corrected chi connectivity index (χ4v) is 3.85. The van der Waals surface area contributed by atoms with Crippen molar-refractivity contribution in [1.82, 2.24) is 15.5 Å². The molecule has 1 fully saturated rings. The number of nitrogens with one attached hydrogen (secondary N) is 3. The minimum Gasteiger partial charge on any atom is -0.480 e. The molecule has 0 spiro atoms. The molecule has 0 radical (unpaired) electrons. The summed E-state index contributed by atoms with van der Waals surface area (Å²) in [6, 6.07) is 6.83. The van der Waals surface area contributed by atoms with Crippen LogP contribution in [0.1, 0.15) is 31.2 Å². The van der Waals surface area contributed by atoms with Crippen LogP contribution >= 0.6 is 23.2 Å². The van der Waals surface area contributed by atoms with Crippen molar-refractivity contribution in [2.24, 2.45) is 11.5 Å². The number of carbonyl (C=O) groups is 4. The van der Waals surface area contributed by atoms with E-state index in [0.717, 1.165) is 5.56 Å². The van der Waals surface area contributed by atoms with Gasteiger partial charge in [0.2, 0.25) is 11.8 Å². The number of hydrogen-bond donors (Lipinski definition) is 6. The lowest BCUT2D eigenvalue weighted by molar-refractivity contribution is -0.144. The number of ketones is 1. The molecule has 200 valence electrons. The summed E-state index contributed by atoms with van der Waals surface area (Å²) in [4.78, 5) is 48.4. The van der Waals surface area contributed by atoms with E-state index in [1.165, 1.54) is 4.90 Å². The van der Waals surface area contributed by atoms with Gasteiger partial charge in [-0.05, 0) is 37.7 Å². The predicted octanol–water partition coefficient (Wildman–Crippen LogP) is 0.413. The summed E-state index contributed by atoms with van der Waals surface area (Å²) in [6.45, 7) is 0.747. The van der Waals surface area contributed by atoms with Crippen LogP contribution < -0.4 is 22.1 Å². The number of amides is 2. The molecule has 0 aliphatic carbocycles. The first kappa shape index (κ1) is 31.1. The minimum atomic E-state index is -1.15. The third kappa shape index (κ3) is 11.2. The summed E-state index contributed by atoms with van der Waals surface area (Å²) in [5.74, 6) is -2.21. The first-order valence-corrected chi connectivity index (χ1v) is 12.5. The van der Waals surface area contributed by atoms with Crippen molar-refractivity contribution in [2.75, 3.05) is 24.8 Å². The molecule has 1 aromatic carbocycles. The third-order valence-corrected chi connectivity index (χ3v) is 5.95.